The molecule has 0 aliphatic carbocycles. The van der Waals surface area contributed by atoms with E-state index in [-0.39, 0.29) is 30.3 Å². The van der Waals surface area contributed by atoms with Crippen molar-refractivity contribution in [1.29, 1.82) is 0 Å². The fourth-order valence-corrected chi connectivity index (χ4v) is 1.55. The molecule has 2 atom stereocenters. The summed E-state index contributed by atoms with van der Waals surface area (Å²) >= 11 is 0. The second-order valence-corrected chi connectivity index (χ2v) is 4.55. The molecule has 6 nitrogen and oxygen atoms in total. The molecule has 0 saturated carbocycles. The number of nitrogens with zero attached hydrogens (tertiary/aromatic N) is 2. The molecule has 1 aromatic carbocycles. The molecule has 2 unspecified atom stereocenters. The largest absolute Gasteiger partial charge is 0.327 e. The van der Waals surface area contributed by atoms with Gasteiger partial charge < -0.3 is 11.1 Å². The molecule has 0 spiro atoms. The van der Waals surface area contributed by atoms with E-state index < -0.39 is 0 Å². The van der Waals surface area contributed by atoms with Gasteiger partial charge in [0.25, 0.3) is 0 Å². The predicted octanol–water partition coefficient (Wildman–Crippen LogP) is 1.82. The van der Waals surface area contributed by atoms with E-state index in [1.165, 1.54) is 6.33 Å². The monoisotopic (exact) mass is 295 g/mol. The molecule has 2 rings (SSSR count). The first-order chi connectivity index (χ1) is 9.08. The van der Waals surface area contributed by atoms with Crippen LogP contribution in [-0.2, 0) is 4.79 Å². The summed E-state index contributed by atoms with van der Waals surface area (Å²) in [6.45, 7) is 3.63. The summed E-state index contributed by atoms with van der Waals surface area (Å²) in [4.78, 5) is 15.9. The summed E-state index contributed by atoms with van der Waals surface area (Å²) in [5.74, 6) is 0.387. The fraction of sp³-hybridized carbons (Fsp3) is 0.308. The Kier molecular flexibility index (Phi) is 5.66. The summed E-state index contributed by atoms with van der Waals surface area (Å²) in [5.41, 5.74) is 7.35. The molecule has 0 saturated heterocycles. The molecular formula is C13H18ClN5O. The van der Waals surface area contributed by atoms with E-state index in [4.69, 9.17) is 5.73 Å². The number of H-pyrrole nitrogens is 1. The van der Waals surface area contributed by atoms with Crippen LogP contribution in [0.3, 0.4) is 0 Å². The van der Waals surface area contributed by atoms with Crippen LogP contribution in [0.2, 0.25) is 0 Å². The van der Waals surface area contributed by atoms with Gasteiger partial charge in [-0.15, -0.1) is 12.4 Å². The van der Waals surface area contributed by atoms with Gasteiger partial charge in [0, 0.05) is 17.3 Å². The minimum Gasteiger partial charge on any atom is -0.327 e. The smallest absolute Gasteiger partial charge is 0.228 e. The van der Waals surface area contributed by atoms with Crippen LogP contribution in [0, 0.1) is 5.92 Å². The Morgan fingerprint density at radius 1 is 1.30 bits per heavy atom. The number of anilines is 1. The van der Waals surface area contributed by atoms with Gasteiger partial charge in [0.2, 0.25) is 5.91 Å². The molecule has 1 amide bonds. The quantitative estimate of drug-likeness (QED) is 0.801. The third kappa shape index (κ3) is 3.79. The summed E-state index contributed by atoms with van der Waals surface area (Å²) in [6, 6.07) is 7.21. The van der Waals surface area contributed by atoms with Gasteiger partial charge in [0.1, 0.15) is 6.33 Å². The molecule has 0 aliphatic heterocycles. The predicted molar refractivity (Wildman–Crippen MR) is 80.5 cm³/mol. The van der Waals surface area contributed by atoms with Gasteiger partial charge in [-0.3, -0.25) is 9.89 Å². The van der Waals surface area contributed by atoms with E-state index in [0.717, 1.165) is 11.3 Å². The summed E-state index contributed by atoms with van der Waals surface area (Å²) < 4.78 is 0. The summed E-state index contributed by atoms with van der Waals surface area (Å²) in [7, 11) is 0. The molecule has 4 N–H and O–H groups in total. The molecule has 1 aromatic heterocycles. The van der Waals surface area contributed by atoms with Crippen molar-refractivity contribution in [2.45, 2.75) is 19.9 Å². The summed E-state index contributed by atoms with van der Waals surface area (Å²) in [6.07, 6.45) is 1.45. The topological polar surface area (TPSA) is 96.7 Å². The molecule has 7 heteroatoms. The van der Waals surface area contributed by atoms with Crippen molar-refractivity contribution in [1.82, 2.24) is 15.2 Å². The standard InChI is InChI=1S/C13H17N5O.ClH/c1-8(9(2)14)13(19)17-11-5-3-10(4-6-11)12-15-7-16-18-12;/h3-9H,14H2,1-2H3,(H,17,19)(H,15,16,18);1H. The lowest BCUT2D eigenvalue weighted by Gasteiger charge is -2.15. The van der Waals surface area contributed by atoms with Crippen molar-refractivity contribution in [2.24, 2.45) is 11.7 Å². The molecule has 0 fully saturated rings. The lowest BCUT2D eigenvalue weighted by molar-refractivity contribution is -0.119. The lowest BCUT2D eigenvalue weighted by Crippen LogP contribution is -2.34. The van der Waals surface area contributed by atoms with Crippen LogP contribution >= 0.6 is 12.4 Å². The second-order valence-electron chi connectivity index (χ2n) is 4.55. The number of halogens is 1. The van der Waals surface area contributed by atoms with Gasteiger partial charge in [-0.25, -0.2) is 4.98 Å². The number of benzene rings is 1. The highest BCUT2D eigenvalue weighted by atomic mass is 35.5. The zero-order valence-corrected chi connectivity index (χ0v) is 12.1. The Bertz CT molecular complexity index is 538. The maximum absolute atomic E-state index is 11.8. The molecular weight excluding hydrogens is 278 g/mol. The van der Waals surface area contributed by atoms with Gasteiger partial charge in [-0.05, 0) is 31.2 Å². The van der Waals surface area contributed by atoms with Gasteiger partial charge in [0.15, 0.2) is 5.82 Å². The number of hydrogen-bond acceptors (Lipinski definition) is 4. The van der Waals surface area contributed by atoms with Gasteiger partial charge in [-0.1, -0.05) is 6.92 Å². The molecule has 2 aromatic rings. The number of hydrogen-bond donors (Lipinski definition) is 3. The maximum atomic E-state index is 11.8. The SMILES string of the molecule is CC(N)C(C)C(=O)Nc1ccc(-c2ncn[nH]2)cc1.Cl. The number of amides is 1. The number of nitrogens with one attached hydrogen (secondary N) is 2. The zero-order chi connectivity index (χ0) is 13.8. The van der Waals surface area contributed by atoms with Crippen molar-refractivity contribution in [2.75, 3.05) is 5.32 Å². The number of carbonyl (C=O) groups is 1. The van der Waals surface area contributed by atoms with Crippen LogP contribution in [0.15, 0.2) is 30.6 Å². The van der Waals surface area contributed by atoms with Crippen LogP contribution in [0.5, 0.6) is 0 Å². The Hall–Kier alpha value is -1.92. The molecule has 1 heterocycles. The Morgan fingerprint density at radius 3 is 2.45 bits per heavy atom. The van der Waals surface area contributed by atoms with Crippen molar-refractivity contribution in [3.05, 3.63) is 30.6 Å². The number of aromatic nitrogens is 3. The highest BCUT2D eigenvalue weighted by Crippen LogP contribution is 2.17. The number of rotatable bonds is 4. The second kappa shape index (κ2) is 7.02. The molecule has 20 heavy (non-hydrogen) atoms. The average molecular weight is 296 g/mol. The van der Waals surface area contributed by atoms with Crippen LogP contribution in [0.25, 0.3) is 11.4 Å². The maximum Gasteiger partial charge on any atom is 0.228 e. The van der Waals surface area contributed by atoms with Crippen LogP contribution in [0.1, 0.15) is 13.8 Å². The van der Waals surface area contributed by atoms with E-state index in [1.54, 1.807) is 0 Å². The first kappa shape index (κ1) is 16.1. The highest BCUT2D eigenvalue weighted by molar-refractivity contribution is 5.92. The number of carbonyl (C=O) groups excluding carboxylic acids is 1. The van der Waals surface area contributed by atoms with Gasteiger partial charge in [0.05, 0.1) is 5.92 Å². The zero-order valence-electron chi connectivity index (χ0n) is 11.3. The normalized spacial score (nSPS) is 13.2. The van der Waals surface area contributed by atoms with E-state index >= 15 is 0 Å². The summed E-state index contributed by atoms with van der Waals surface area (Å²) in [5, 5.41) is 9.40. The first-order valence-corrected chi connectivity index (χ1v) is 6.10. The Balaban J connectivity index is 0.00000200. The van der Waals surface area contributed by atoms with Crippen LogP contribution in [0.4, 0.5) is 5.69 Å². The van der Waals surface area contributed by atoms with E-state index in [0.29, 0.717) is 5.82 Å². The first-order valence-electron chi connectivity index (χ1n) is 6.10. The minimum absolute atomic E-state index is 0. The van der Waals surface area contributed by atoms with Crippen molar-refractivity contribution in [3.63, 3.8) is 0 Å². The van der Waals surface area contributed by atoms with Gasteiger partial charge >= 0.3 is 0 Å². The third-order valence-corrected chi connectivity index (χ3v) is 3.04. The Morgan fingerprint density at radius 2 is 1.95 bits per heavy atom. The van der Waals surface area contributed by atoms with Crippen molar-refractivity contribution in [3.8, 4) is 11.4 Å². The number of aromatic amines is 1. The van der Waals surface area contributed by atoms with Crippen LogP contribution in [-0.4, -0.2) is 27.1 Å². The molecule has 0 bridgehead atoms. The fourth-order valence-electron chi connectivity index (χ4n) is 1.55. The van der Waals surface area contributed by atoms with Gasteiger partial charge in [-0.2, -0.15) is 5.10 Å². The van der Waals surface area contributed by atoms with E-state index in [9.17, 15) is 4.79 Å². The molecule has 108 valence electrons. The van der Waals surface area contributed by atoms with Crippen LogP contribution < -0.4 is 11.1 Å². The van der Waals surface area contributed by atoms with Crippen molar-refractivity contribution < 1.29 is 4.79 Å². The van der Waals surface area contributed by atoms with E-state index in [2.05, 4.69) is 20.5 Å². The molecule has 0 radical (unpaired) electrons. The van der Waals surface area contributed by atoms with E-state index in [1.807, 2.05) is 38.1 Å². The molecule has 0 aliphatic rings. The lowest BCUT2D eigenvalue weighted by atomic mass is 10.0. The van der Waals surface area contributed by atoms with Crippen molar-refractivity contribution >= 4 is 24.0 Å². The minimum atomic E-state index is -0.228. The third-order valence-electron chi connectivity index (χ3n) is 3.04. The Labute approximate surface area is 123 Å². The highest BCUT2D eigenvalue weighted by Gasteiger charge is 2.16. The number of nitrogens with two attached hydrogens (primary N) is 1. The average Bonchev–Trinajstić information content (AvgIpc) is 2.92.